The maximum absolute atomic E-state index is 12.8. The number of benzene rings is 1. The largest absolute Gasteiger partial charge is 0.497 e. The average molecular weight is 327 g/mol. The van der Waals surface area contributed by atoms with Gasteiger partial charge in [-0.3, -0.25) is 9.79 Å². The van der Waals surface area contributed by atoms with Gasteiger partial charge in [-0.1, -0.05) is 25.1 Å². The van der Waals surface area contributed by atoms with Crippen LogP contribution < -0.4 is 0 Å². The van der Waals surface area contributed by atoms with Crippen LogP contribution in [0.5, 0.6) is 0 Å². The number of alkyl halides is 3. The van der Waals surface area contributed by atoms with Crippen molar-refractivity contribution in [2.24, 2.45) is 4.99 Å². The van der Waals surface area contributed by atoms with Gasteiger partial charge in [-0.2, -0.15) is 13.2 Å². The van der Waals surface area contributed by atoms with Gasteiger partial charge < -0.3 is 9.47 Å². The molecular weight excluding hydrogens is 311 g/mol. The van der Waals surface area contributed by atoms with Crippen molar-refractivity contribution in [3.8, 4) is 0 Å². The number of hydrogen-bond acceptors (Lipinski definition) is 4. The maximum Gasteiger partial charge on any atom is 0.416 e. The van der Waals surface area contributed by atoms with Crippen LogP contribution in [0, 0.1) is 0 Å². The first-order valence-corrected chi connectivity index (χ1v) is 7.06. The summed E-state index contributed by atoms with van der Waals surface area (Å²) in [4.78, 5) is 16.3. The van der Waals surface area contributed by atoms with Crippen LogP contribution in [0.25, 0.3) is 0 Å². The molecule has 1 unspecified atom stereocenters. The highest BCUT2D eigenvalue weighted by molar-refractivity contribution is 6.18. The maximum atomic E-state index is 12.8. The molecule has 0 spiro atoms. The highest BCUT2D eigenvalue weighted by Gasteiger charge is 2.40. The Morgan fingerprint density at radius 2 is 2.13 bits per heavy atom. The summed E-state index contributed by atoms with van der Waals surface area (Å²) in [6, 6.07) is 4.59. The number of carbonyl (C=O) groups excluding carboxylic acids is 1. The van der Waals surface area contributed by atoms with Gasteiger partial charge in [0.05, 0.1) is 12.2 Å². The smallest absolute Gasteiger partial charge is 0.416 e. The van der Waals surface area contributed by atoms with Crippen molar-refractivity contribution in [3.63, 3.8) is 0 Å². The van der Waals surface area contributed by atoms with Crippen LogP contribution in [-0.4, -0.2) is 25.3 Å². The topological polar surface area (TPSA) is 47.9 Å². The van der Waals surface area contributed by atoms with Crippen LogP contribution in [0.3, 0.4) is 0 Å². The summed E-state index contributed by atoms with van der Waals surface area (Å²) in [5.74, 6) is -1.46. The zero-order valence-corrected chi connectivity index (χ0v) is 12.7. The molecule has 4 nitrogen and oxygen atoms in total. The number of carbonyl (C=O) groups is 1. The average Bonchev–Trinajstić information content (AvgIpc) is 2.83. The Morgan fingerprint density at radius 3 is 2.74 bits per heavy atom. The summed E-state index contributed by atoms with van der Waals surface area (Å²) in [5, 5.41) is 0. The molecule has 7 heteroatoms. The molecule has 1 heterocycles. The SMILES string of the molecule is CCCOC=C1OC(=NC)C(c2cccc(C(F)(F)F)c2)C1=O. The third-order valence-electron chi connectivity index (χ3n) is 3.25. The minimum absolute atomic E-state index is 0.0542. The van der Waals surface area contributed by atoms with E-state index in [1.165, 1.54) is 25.4 Å². The van der Waals surface area contributed by atoms with Crippen molar-refractivity contribution >= 4 is 11.7 Å². The Morgan fingerprint density at radius 1 is 1.39 bits per heavy atom. The van der Waals surface area contributed by atoms with Gasteiger partial charge in [-0.15, -0.1) is 0 Å². The van der Waals surface area contributed by atoms with Gasteiger partial charge >= 0.3 is 6.18 Å². The molecule has 1 atom stereocenters. The van der Waals surface area contributed by atoms with E-state index in [-0.39, 0.29) is 17.2 Å². The highest BCUT2D eigenvalue weighted by atomic mass is 19.4. The van der Waals surface area contributed by atoms with Crippen molar-refractivity contribution in [2.45, 2.75) is 25.4 Å². The number of rotatable bonds is 4. The molecule has 2 rings (SSSR count). The van der Waals surface area contributed by atoms with Gasteiger partial charge in [0, 0.05) is 7.05 Å². The third-order valence-corrected chi connectivity index (χ3v) is 3.25. The lowest BCUT2D eigenvalue weighted by atomic mass is 9.94. The van der Waals surface area contributed by atoms with Gasteiger partial charge in [0.1, 0.15) is 12.2 Å². The number of halogens is 3. The summed E-state index contributed by atoms with van der Waals surface area (Å²) < 4.78 is 49.0. The highest BCUT2D eigenvalue weighted by Crippen LogP contribution is 2.35. The molecule has 1 aromatic rings. The second-order valence-electron chi connectivity index (χ2n) is 4.94. The van der Waals surface area contributed by atoms with Crippen LogP contribution >= 0.6 is 0 Å². The summed E-state index contributed by atoms with van der Waals surface area (Å²) in [6.07, 6.45) is -2.54. The fourth-order valence-electron chi connectivity index (χ4n) is 2.17. The van der Waals surface area contributed by atoms with Crippen LogP contribution in [0.4, 0.5) is 13.2 Å². The molecule has 0 saturated carbocycles. The fourth-order valence-corrected chi connectivity index (χ4v) is 2.17. The number of Topliss-reactive ketones (excluding diaryl/α,β-unsaturated/α-hetero) is 1. The molecule has 0 bridgehead atoms. The van der Waals surface area contributed by atoms with Gasteiger partial charge in [-0.25, -0.2) is 0 Å². The standard InChI is InChI=1S/C16H16F3NO3/c1-3-7-22-9-12-14(21)13(15(20-2)23-12)10-5-4-6-11(8-10)16(17,18)19/h4-6,8-9,13H,3,7H2,1-2H3. The number of ketones is 1. The summed E-state index contributed by atoms with van der Waals surface area (Å²) in [7, 11) is 1.42. The summed E-state index contributed by atoms with van der Waals surface area (Å²) in [5.41, 5.74) is -0.637. The van der Waals surface area contributed by atoms with Crippen LogP contribution in [0.15, 0.2) is 41.3 Å². The van der Waals surface area contributed by atoms with Crippen molar-refractivity contribution in [1.82, 2.24) is 0 Å². The molecule has 0 radical (unpaired) electrons. The minimum Gasteiger partial charge on any atom is -0.497 e. The van der Waals surface area contributed by atoms with Crippen molar-refractivity contribution in [1.29, 1.82) is 0 Å². The molecule has 0 aliphatic carbocycles. The zero-order valence-electron chi connectivity index (χ0n) is 12.7. The van der Waals surface area contributed by atoms with E-state index in [9.17, 15) is 18.0 Å². The Balaban J connectivity index is 2.35. The fraction of sp³-hybridized carbons (Fsp3) is 0.375. The summed E-state index contributed by atoms with van der Waals surface area (Å²) >= 11 is 0. The van der Waals surface area contributed by atoms with Crippen LogP contribution in [0.2, 0.25) is 0 Å². The molecule has 1 fully saturated rings. The molecule has 0 N–H and O–H groups in total. The van der Waals surface area contributed by atoms with E-state index in [1.54, 1.807) is 0 Å². The second-order valence-corrected chi connectivity index (χ2v) is 4.94. The van der Waals surface area contributed by atoms with Crippen molar-refractivity contribution in [3.05, 3.63) is 47.4 Å². The normalized spacial score (nSPS) is 21.8. The Hall–Kier alpha value is -2.31. The lowest BCUT2D eigenvalue weighted by molar-refractivity contribution is -0.137. The monoisotopic (exact) mass is 327 g/mol. The third kappa shape index (κ3) is 3.72. The van der Waals surface area contributed by atoms with Gasteiger partial charge in [-0.05, 0) is 18.1 Å². The van der Waals surface area contributed by atoms with Crippen LogP contribution in [0.1, 0.15) is 30.4 Å². The summed E-state index contributed by atoms with van der Waals surface area (Å²) in [6.45, 7) is 2.31. The van der Waals surface area contributed by atoms with E-state index >= 15 is 0 Å². The Labute approximate surface area is 131 Å². The number of aliphatic imine (C=N–C) groups is 1. The molecule has 0 aromatic heterocycles. The lowest BCUT2D eigenvalue weighted by Gasteiger charge is -2.11. The van der Waals surface area contributed by atoms with Gasteiger partial charge in [0.15, 0.2) is 0 Å². The second kappa shape index (κ2) is 6.85. The number of nitrogens with zero attached hydrogens (tertiary/aromatic N) is 1. The van der Waals surface area contributed by atoms with Crippen molar-refractivity contribution < 1.29 is 27.4 Å². The molecule has 0 amide bonds. The Bertz CT molecular complexity index is 650. The first-order chi connectivity index (χ1) is 10.9. The quantitative estimate of drug-likeness (QED) is 0.481. The van der Waals surface area contributed by atoms with E-state index in [4.69, 9.17) is 9.47 Å². The van der Waals surface area contributed by atoms with E-state index in [0.29, 0.717) is 6.61 Å². The van der Waals surface area contributed by atoms with E-state index in [0.717, 1.165) is 18.6 Å². The zero-order chi connectivity index (χ0) is 17.0. The molecule has 124 valence electrons. The first-order valence-electron chi connectivity index (χ1n) is 7.06. The number of hydrogen-bond donors (Lipinski definition) is 0. The van der Waals surface area contributed by atoms with Gasteiger partial charge in [0.25, 0.3) is 0 Å². The molecule has 1 aliphatic rings. The molecular formula is C16H16F3NO3. The molecule has 1 aliphatic heterocycles. The van der Waals surface area contributed by atoms with E-state index < -0.39 is 23.4 Å². The lowest BCUT2D eigenvalue weighted by Crippen LogP contribution is -2.15. The molecule has 1 aromatic carbocycles. The predicted octanol–water partition coefficient (Wildman–Crippen LogP) is 3.68. The Kier molecular flexibility index (Phi) is 5.08. The van der Waals surface area contributed by atoms with Crippen LogP contribution in [-0.2, 0) is 20.4 Å². The van der Waals surface area contributed by atoms with Gasteiger partial charge in [0.2, 0.25) is 17.4 Å². The van der Waals surface area contributed by atoms with E-state index in [2.05, 4.69) is 4.99 Å². The minimum atomic E-state index is -4.48. The predicted molar refractivity (Wildman–Crippen MR) is 78.0 cm³/mol. The molecule has 1 saturated heterocycles. The first kappa shape index (κ1) is 17.1. The number of allylic oxidation sites excluding steroid dienone is 1. The number of ether oxygens (including phenoxy) is 2. The molecule has 23 heavy (non-hydrogen) atoms. The van der Waals surface area contributed by atoms with E-state index in [1.807, 2.05) is 6.92 Å². The van der Waals surface area contributed by atoms with Crippen molar-refractivity contribution in [2.75, 3.05) is 13.7 Å².